The minimum absolute atomic E-state index is 0.0961. The van der Waals surface area contributed by atoms with Gasteiger partial charge in [-0.2, -0.15) is 0 Å². The minimum Gasteiger partial charge on any atom is -0.494 e. The number of fused-ring (bicyclic) bond motifs is 2. The number of methoxy groups -OCH3 is 2. The highest BCUT2D eigenvalue weighted by Gasteiger charge is 2.26. The third-order valence-electron chi connectivity index (χ3n) is 10.7. The lowest BCUT2D eigenvalue weighted by molar-refractivity contribution is 0.0957. The Bertz CT molecular complexity index is 3500. The molecule has 0 fully saturated rings. The first-order valence-corrected chi connectivity index (χ1v) is 24.2. The zero-order valence-electron chi connectivity index (χ0n) is 42.9. The summed E-state index contributed by atoms with van der Waals surface area (Å²) in [4.78, 5) is 87.3. The Labute approximate surface area is 465 Å². The SMILES string of the molecule is COc1c(Nc2cc(Nc3ncccn3)ncn2)ccc2c1CNC2=O.COc1c(Nc2cc(Nc3ncccn3)ncn2)ccc2c1CNC2=O.Clc1ncccn1.Nc1cc(Cc2ncccn2)ncn1.Nc1cc(N)ncn1. The number of carbonyl (C=O) groups excluding carboxylic acids is 2. The summed E-state index contributed by atoms with van der Waals surface area (Å²) in [5, 5.41) is 18.3. The minimum atomic E-state index is -0.0961. The molecule has 10 heterocycles. The van der Waals surface area contributed by atoms with Gasteiger partial charge in [-0.3, -0.25) is 9.59 Å². The summed E-state index contributed by atoms with van der Waals surface area (Å²) in [6.07, 6.45) is 19.3. The number of nitrogens with two attached hydrogens (primary N) is 3. The molecule has 0 radical (unpaired) electrons. The first kappa shape index (κ1) is 55.7. The summed E-state index contributed by atoms with van der Waals surface area (Å²) in [7, 11) is 3.15. The molecule has 0 atom stereocenters. The average molecular weight is 1110 g/mol. The van der Waals surface area contributed by atoms with Crippen LogP contribution in [-0.4, -0.2) is 106 Å². The molecule has 2 aromatic carbocycles. The van der Waals surface area contributed by atoms with Crippen LogP contribution in [0.2, 0.25) is 5.28 Å². The summed E-state index contributed by atoms with van der Waals surface area (Å²) in [5.41, 5.74) is 21.1. The van der Waals surface area contributed by atoms with E-state index in [-0.39, 0.29) is 11.8 Å². The Balaban J connectivity index is 0.000000145. The lowest BCUT2D eigenvalue weighted by Crippen LogP contribution is -2.12. The van der Waals surface area contributed by atoms with Crippen LogP contribution in [0.1, 0.15) is 43.4 Å². The molecule has 10 aromatic rings. The number of carbonyl (C=O) groups is 2. The molecule has 0 bridgehead atoms. The number of benzene rings is 2. The molecule has 8 aromatic heterocycles. The lowest BCUT2D eigenvalue weighted by Gasteiger charge is -2.14. The van der Waals surface area contributed by atoms with Crippen molar-refractivity contribution in [3.63, 3.8) is 0 Å². The first-order chi connectivity index (χ1) is 39.5. The number of hydrogen-bond acceptors (Lipinski definition) is 27. The Morgan fingerprint density at radius 3 is 1.23 bits per heavy atom. The number of hydrogen-bond donors (Lipinski definition) is 9. The summed E-state index contributed by atoms with van der Waals surface area (Å²) in [5.74, 6) is 6.13. The molecule has 2 aliphatic heterocycles. The van der Waals surface area contributed by atoms with Crippen molar-refractivity contribution in [1.29, 1.82) is 0 Å². The zero-order valence-corrected chi connectivity index (χ0v) is 43.6. The van der Waals surface area contributed by atoms with Crippen molar-refractivity contribution >= 4 is 87.4 Å². The Morgan fingerprint density at radius 1 is 0.469 bits per heavy atom. The number of nitrogens with one attached hydrogen (secondary N) is 6. The fraction of sp³-hybridized carbons (Fsp3) is 0.0980. The Morgan fingerprint density at radius 2 is 0.852 bits per heavy atom. The highest BCUT2D eigenvalue weighted by atomic mass is 35.5. The molecule has 0 saturated carbocycles. The van der Waals surface area contributed by atoms with E-state index in [2.05, 4.69) is 112 Å². The standard InChI is InChI=1S/2C17H15N7O2.C9H9N5.C4H3ClN2.C4H6N4/c2*1-26-15-11-8-20-16(25)10(11)3-4-12(15)23-13-7-14(22-9-21-13)24-17-18-5-2-6-19-17;10-8-4-7(13-6-14-8)5-9-11-2-1-3-12-9;5-4-6-2-1-3-7-4;5-3-1-4(6)8-2-7-3/h2*2-7,9H,8H2,1H3,(H,20,25)(H2,18,19,21,22,23,24);1-4,6H,5H2,(H2,10,13,14);1-3H;1-2H,(H4,5,6,7,8). The van der Waals surface area contributed by atoms with Crippen molar-refractivity contribution in [2.24, 2.45) is 0 Å². The maximum absolute atomic E-state index is 11.8. The van der Waals surface area contributed by atoms with Crippen molar-refractivity contribution in [3.8, 4) is 11.5 Å². The number of halogens is 1. The second-order valence-corrected chi connectivity index (χ2v) is 16.4. The topological polar surface area (TPSA) is 409 Å². The van der Waals surface area contributed by atoms with Crippen LogP contribution in [-0.2, 0) is 19.5 Å². The van der Waals surface area contributed by atoms with Crippen LogP contribution in [0.4, 0.5) is 64.0 Å². The van der Waals surface area contributed by atoms with E-state index in [9.17, 15) is 9.59 Å². The monoisotopic (exact) mass is 1110 g/mol. The molecule has 0 unspecified atom stereocenters. The number of rotatable bonds is 12. The maximum atomic E-state index is 11.8. The highest BCUT2D eigenvalue weighted by Crippen LogP contribution is 2.37. The van der Waals surface area contributed by atoms with E-state index < -0.39 is 0 Å². The van der Waals surface area contributed by atoms with Gasteiger partial charge in [-0.15, -0.1) is 0 Å². The molecule has 0 spiro atoms. The third kappa shape index (κ3) is 16.3. The number of aromatic nitrogens is 16. The van der Waals surface area contributed by atoms with E-state index in [1.165, 1.54) is 31.4 Å². The normalized spacial score (nSPS) is 11.2. The van der Waals surface area contributed by atoms with E-state index in [1.54, 1.807) is 131 Å². The molecular weight excluding hydrogens is 1060 g/mol. The second-order valence-electron chi connectivity index (χ2n) is 16.1. The van der Waals surface area contributed by atoms with Crippen LogP contribution < -0.4 is 58.6 Å². The molecule has 12 N–H and O–H groups in total. The quantitative estimate of drug-likeness (QED) is 0.0708. The molecule has 12 rings (SSSR count). The zero-order chi connectivity index (χ0) is 56.8. The number of nitrogen functional groups attached to an aromatic ring is 3. The fourth-order valence-electron chi connectivity index (χ4n) is 7.21. The van der Waals surface area contributed by atoms with E-state index in [4.69, 9.17) is 38.3 Å². The van der Waals surface area contributed by atoms with E-state index in [0.29, 0.717) is 111 Å². The van der Waals surface area contributed by atoms with Gasteiger partial charge in [-0.05, 0) is 60.1 Å². The van der Waals surface area contributed by atoms with Crippen LogP contribution in [0.5, 0.6) is 11.5 Å². The molecule has 0 saturated heterocycles. The van der Waals surface area contributed by atoms with Crippen molar-refractivity contribution in [2.75, 3.05) is 52.7 Å². The van der Waals surface area contributed by atoms with Gasteiger partial charge >= 0.3 is 0 Å². The average Bonchev–Trinajstić information content (AvgIpc) is 4.13. The molecular formula is C51H48ClN25O4. The van der Waals surface area contributed by atoms with E-state index >= 15 is 0 Å². The third-order valence-corrected chi connectivity index (χ3v) is 10.9. The molecule has 30 heteroatoms. The van der Waals surface area contributed by atoms with Gasteiger partial charge in [0.15, 0.2) is 0 Å². The van der Waals surface area contributed by atoms with Gasteiger partial charge in [-0.25, -0.2) is 79.7 Å². The van der Waals surface area contributed by atoms with Crippen LogP contribution in [0.3, 0.4) is 0 Å². The summed E-state index contributed by atoms with van der Waals surface area (Å²) >= 11 is 5.32. The summed E-state index contributed by atoms with van der Waals surface area (Å²) in [6, 6.07) is 20.7. The van der Waals surface area contributed by atoms with Gasteiger partial charge in [-0.1, -0.05) is 0 Å². The highest BCUT2D eigenvalue weighted by molar-refractivity contribution is 6.28. The van der Waals surface area contributed by atoms with Crippen LogP contribution >= 0.6 is 11.6 Å². The molecule has 0 aliphatic carbocycles. The van der Waals surface area contributed by atoms with Crippen LogP contribution in [0.15, 0.2) is 148 Å². The summed E-state index contributed by atoms with van der Waals surface area (Å²) in [6.45, 7) is 0.879. The number of amides is 2. The maximum Gasteiger partial charge on any atom is 0.252 e. The van der Waals surface area contributed by atoms with Crippen molar-refractivity contribution in [2.45, 2.75) is 19.5 Å². The molecule has 81 heavy (non-hydrogen) atoms. The smallest absolute Gasteiger partial charge is 0.252 e. The predicted molar refractivity (Wildman–Crippen MR) is 299 cm³/mol. The van der Waals surface area contributed by atoms with Crippen molar-refractivity contribution in [3.05, 3.63) is 187 Å². The lowest BCUT2D eigenvalue weighted by atomic mass is 10.1. The Kier molecular flexibility index (Phi) is 19.3. The number of nitrogens with zero attached hydrogens (tertiary/aromatic N) is 16. The predicted octanol–water partition coefficient (Wildman–Crippen LogP) is 5.22. The van der Waals surface area contributed by atoms with Crippen LogP contribution in [0, 0.1) is 0 Å². The second kappa shape index (κ2) is 28.0. The fourth-order valence-corrected chi connectivity index (χ4v) is 7.32. The molecule has 408 valence electrons. The van der Waals surface area contributed by atoms with Gasteiger partial charge in [0, 0.05) is 109 Å². The van der Waals surface area contributed by atoms with Crippen molar-refractivity contribution in [1.82, 2.24) is 90.4 Å². The van der Waals surface area contributed by atoms with Gasteiger partial charge in [0.25, 0.3) is 11.8 Å². The number of anilines is 11. The molecule has 2 aliphatic rings. The number of ether oxygens (including phenoxy) is 2. The van der Waals surface area contributed by atoms with Crippen molar-refractivity contribution < 1.29 is 19.1 Å². The summed E-state index contributed by atoms with van der Waals surface area (Å²) < 4.78 is 11.0. The largest absolute Gasteiger partial charge is 0.494 e. The first-order valence-electron chi connectivity index (χ1n) is 23.8. The van der Waals surface area contributed by atoms with Gasteiger partial charge in [0.2, 0.25) is 17.2 Å². The van der Waals surface area contributed by atoms with E-state index in [1.807, 2.05) is 0 Å². The molecule has 2 amide bonds. The Hall–Kier alpha value is -11.5. The van der Waals surface area contributed by atoms with Gasteiger partial charge in [0.05, 0.1) is 37.7 Å². The van der Waals surface area contributed by atoms with Gasteiger partial charge < -0.3 is 58.6 Å². The van der Waals surface area contributed by atoms with Crippen LogP contribution in [0.25, 0.3) is 0 Å². The molecule has 29 nitrogen and oxygen atoms in total. The van der Waals surface area contributed by atoms with E-state index in [0.717, 1.165) is 22.6 Å². The van der Waals surface area contributed by atoms with Gasteiger partial charge in [0.1, 0.15) is 83.4 Å².